The predicted molar refractivity (Wildman–Crippen MR) is 113 cm³/mol. The monoisotopic (exact) mass is 457 g/mol. The van der Waals surface area contributed by atoms with E-state index in [1.54, 1.807) is 11.4 Å². The zero-order valence-corrected chi connectivity index (χ0v) is 17.4. The van der Waals surface area contributed by atoms with Gasteiger partial charge in [0, 0.05) is 11.8 Å². The van der Waals surface area contributed by atoms with Gasteiger partial charge in [0.2, 0.25) is 0 Å². The molecule has 9 nitrogen and oxygen atoms in total. The molecule has 1 amide bonds. The number of rotatable bonds is 7. The van der Waals surface area contributed by atoms with Crippen molar-refractivity contribution in [2.45, 2.75) is 4.21 Å². The highest BCUT2D eigenvalue weighted by Gasteiger charge is 2.18. The number of benzene rings is 2. The number of nitrogens with zero attached hydrogens (tertiary/aromatic N) is 1. The number of ether oxygens (including phenoxy) is 1. The largest absolute Gasteiger partial charge is 0.507 e. The Morgan fingerprint density at radius 3 is 2.42 bits per heavy atom. The van der Waals surface area contributed by atoms with E-state index in [0.717, 1.165) is 17.4 Å². The Morgan fingerprint density at radius 1 is 1.10 bits per heavy atom. The third-order valence-corrected chi connectivity index (χ3v) is 6.64. The van der Waals surface area contributed by atoms with E-state index in [-0.39, 0.29) is 15.5 Å². The minimum absolute atomic E-state index is 0.0565. The number of phenols is 1. The molecule has 0 aliphatic rings. The van der Waals surface area contributed by atoms with Crippen LogP contribution < -0.4 is 10.0 Å². The molecule has 11 heteroatoms. The van der Waals surface area contributed by atoms with Crippen LogP contribution in [0.4, 0.5) is 11.4 Å². The molecule has 0 radical (unpaired) electrons. The van der Waals surface area contributed by atoms with Crippen molar-refractivity contribution >= 4 is 44.6 Å². The first-order valence-corrected chi connectivity index (χ1v) is 11.0. The van der Waals surface area contributed by atoms with Crippen LogP contribution in [0.3, 0.4) is 0 Å². The lowest BCUT2D eigenvalue weighted by Crippen LogP contribution is -2.21. The first kappa shape index (κ1) is 21.8. The van der Waals surface area contributed by atoms with Gasteiger partial charge in [0.05, 0.1) is 17.3 Å². The van der Waals surface area contributed by atoms with Crippen LogP contribution in [0.15, 0.2) is 64.2 Å². The maximum atomic E-state index is 12.2. The van der Waals surface area contributed by atoms with Gasteiger partial charge in [-0.3, -0.25) is 9.52 Å². The van der Waals surface area contributed by atoms with Crippen LogP contribution in [0.1, 0.15) is 15.9 Å². The number of amides is 1. The summed E-state index contributed by atoms with van der Waals surface area (Å²) in [6.45, 7) is -0.606. The third kappa shape index (κ3) is 5.59. The average molecular weight is 457 g/mol. The van der Waals surface area contributed by atoms with E-state index >= 15 is 0 Å². The lowest BCUT2D eigenvalue weighted by Gasteiger charge is -2.10. The van der Waals surface area contributed by atoms with Crippen LogP contribution in [0.5, 0.6) is 5.75 Å². The van der Waals surface area contributed by atoms with Crippen molar-refractivity contribution in [1.82, 2.24) is 0 Å². The maximum absolute atomic E-state index is 12.2. The number of carbonyl (C=O) groups is 2. The summed E-state index contributed by atoms with van der Waals surface area (Å²) in [6, 6.07) is 14.6. The highest BCUT2D eigenvalue weighted by molar-refractivity contribution is 7.94. The van der Waals surface area contributed by atoms with Gasteiger partial charge in [-0.25, -0.2) is 13.2 Å². The van der Waals surface area contributed by atoms with Crippen LogP contribution in [0, 0.1) is 11.3 Å². The molecule has 2 aromatic carbocycles. The molecule has 0 spiro atoms. The average Bonchev–Trinajstić information content (AvgIpc) is 3.28. The Morgan fingerprint density at radius 2 is 1.81 bits per heavy atom. The summed E-state index contributed by atoms with van der Waals surface area (Å²) in [7, 11) is -3.81. The van der Waals surface area contributed by atoms with E-state index in [2.05, 4.69) is 10.0 Å². The molecule has 0 aliphatic heterocycles. The molecule has 3 aromatic rings. The zero-order valence-electron chi connectivity index (χ0n) is 15.7. The van der Waals surface area contributed by atoms with Crippen LogP contribution in [-0.2, 0) is 19.6 Å². The number of phenolic OH excluding ortho intramolecular Hbond substituents is 1. The number of aromatic hydroxyl groups is 1. The molecule has 1 aromatic heterocycles. The van der Waals surface area contributed by atoms with Crippen molar-refractivity contribution in [2.75, 3.05) is 16.6 Å². The minimum atomic E-state index is -3.81. The fourth-order valence-corrected chi connectivity index (χ4v) is 4.47. The summed E-state index contributed by atoms with van der Waals surface area (Å²) >= 11 is 1.03. The minimum Gasteiger partial charge on any atom is -0.507 e. The van der Waals surface area contributed by atoms with Gasteiger partial charge in [-0.05, 0) is 47.8 Å². The van der Waals surface area contributed by atoms with Crippen molar-refractivity contribution in [3.63, 3.8) is 0 Å². The van der Waals surface area contributed by atoms with Crippen molar-refractivity contribution in [3.8, 4) is 11.8 Å². The summed E-state index contributed by atoms with van der Waals surface area (Å²) < 4.78 is 31.7. The molecule has 0 atom stereocenters. The molecular weight excluding hydrogens is 442 g/mol. The van der Waals surface area contributed by atoms with Crippen molar-refractivity contribution in [3.05, 3.63) is 71.1 Å². The highest BCUT2D eigenvalue weighted by atomic mass is 32.2. The Hall–Kier alpha value is -3.88. The van der Waals surface area contributed by atoms with Crippen molar-refractivity contribution in [1.29, 1.82) is 5.26 Å². The standard InChI is InChI=1S/C20H15N3O6S2/c21-11-13-3-5-14(6-4-13)22-18(25)12-29-20(26)16-8-7-15(10-17(16)24)23-31(27,28)19-2-1-9-30-19/h1-10,23-24H,12H2,(H,22,25). The Bertz CT molecular complexity index is 1250. The molecule has 0 unspecified atom stereocenters. The second-order valence-corrected chi connectivity index (χ2v) is 8.94. The fraction of sp³-hybridized carbons (Fsp3) is 0.0500. The van der Waals surface area contributed by atoms with Gasteiger partial charge in [0.15, 0.2) is 6.61 Å². The van der Waals surface area contributed by atoms with E-state index < -0.39 is 34.3 Å². The zero-order chi connectivity index (χ0) is 22.4. The van der Waals surface area contributed by atoms with Gasteiger partial charge >= 0.3 is 5.97 Å². The van der Waals surface area contributed by atoms with Gasteiger partial charge in [0.1, 0.15) is 15.5 Å². The predicted octanol–water partition coefficient (Wildman–Crippen LogP) is 2.92. The molecule has 3 rings (SSSR count). The Kier molecular flexibility index (Phi) is 6.54. The lowest BCUT2D eigenvalue weighted by atomic mass is 10.2. The summed E-state index contributed by atoms with van der Waals surface area (Å²) in [5.41, 5.74) is 0.678. The normalized spacial score (nSPS) is 10.7. The number of hydrogen-bond donors (Lipinski definition) is 3. The molecular formula is C20H15N3O6S2. The summed E-state index contributed by atoms with van der Waals surface area (Å²) in [5, 5.41) is 22.9. The number of nitrogens with one attached hydrogen (secondary N) is 2. The summed E-state index contributed by atoms with van der Waals surface area (Å²) in [6.07, 6.45) is 0. The number of anilines is 2. The quantitative estimate of drug-likeness (QED) is 0.462. The smallest absolute Gasteiger partial charge is 0.342 e. The molecule has 1 heterocycles. The van der Waals surface area contributed by atoms with E-state index in [4.69, 9.17) is 10.00 Å². The molecule has 3 N–H and O–H groups in total. The van der Waals surface area contributed by atoms with Crippen molar-refractivity contribution in [2.24, 2.45) is 0 Å². The number of hydrogen-bond acceptors (Lipinski definition) is 8. The number of thiophene rings is 1. The second kappa shape index (κ2) is 9.29. The van der Waals surface area contributed by atoms with Gasteiger partial charge in [-0.15, -0.1) is 11.3 Å². The first-order chi connectivity index (χ1) is 14.8. The third-order valence-electron chi connectivity index (χ3n) is 3.86. The SMILES string of the molecule is N#Cc1ccc(NC(=O)COC(=O)c2ccc(NS(=O)(=O)c3cccs3)cc2O)cc1. The fourth-order valence-electron chi connectivity index (χ4n) is 2.42. The summed E-state index contributed by atoms with van der Waals surface area (Å²) in [5.74, 6) is -2.08. The second-order valence-electron chi connectivity index (χ2n) is 6.08. The van der Waals surface area contributed by atoms with E-state index in [0.29, 0.717) is 11.3 Å². The van der Waals surface area contributed by atoms with Crippen LogP contribution in [-0.4, -0.2) is 32.0 Å². The van der Waals surface area contributed by atoms with Gasteiger partial charge in [-0.1, -0.05) is 6.07 Å². The Labute approximate surface area is 181 Å². The molecule has 0 fully saturated rings. The molecule has 158 valence electrons. The van der Waals surface area contributed by atoms with Gasteiger partial charge in [-0.2, -0.15) is 5.26 Å². The number of esters is 1. The van der Waals surface area contributed by atoms with Gasteiger partial charge < -0.3 is 15.2 Å². The molecule has 0 saturated carbocycles. The van der Waals surface area contributed by atoms with Crippen molar-refractivity contribution < 1.29 is 27.9 Å². The number of carbonyl (C=O) groups excluding carboxylic acids is 2. The van der Waals surface area contributed by atoms with Crippen LogP contribution in [0.2, 0.25) is 0 Å². The van der Waals surface area contributed by atoms with Crippen LogP contribution in [0.25, 0.3) is 0 Å². The van der Waals surface area contributed by atoms with E-state index in [1.165, 1.54) is 42.5 Å². The molecule has 0 bridgehead atoms. The van der Waals surface area contributed by atoms with Crippen LogP contribution >= 0.6 is 11.3 Å². The van der Waals surface area contributed by atoms with E-state index in [9.17, 15) is 23.1 Å². The maximum Gasteiger partial charge on any atom is 0.342 e. The molecule has 0 aliphatic carbocycles. The molecule has 31 heavy (non-hydrogen) atoms. The summed E-state index contributed by atoms with van der Waals surface area (Å²) in [4.78, 5) is 24.1. The molecule has 0 saturated heterocycles. The van der Waals surface area contributed by atoms with E-state index in [1.807, 2.05) is 6.07 Å². The topological polar surface area (TPSA) is 146 Å². The lowest BCUT2D eigenvalue weighted by molar-refractivity contribution is -0.119. The Balaban J connectivity index is 1.59. The number of sulfonamides is 1. The first-order valence-electron chi connectivity index (χ1n) is 8.65. The van der Waals surface area contributed by atoms with Gasteiger partial charge in [0.25, 0.3) is 15.9 Å². The highest BCUT2D eigenvalue weighted by Crippen LogP contribution is 2.26. The number of nitriles is 1.